The summed E-state index contributed by atoms with van der Waals surface area (Å²) in [5, 5.41) is 9.13. The van der Waals surface area contributed by atoms with Crippen LogP contribution in [0.2, 0.25) is 0 Å². The summed E-state index contributed by atoms with van der Waals surface area (Å²) in [5.74, 6) is 0.439. The lowest BCUT2D eigenvalue weighted by Gasteiger charge is -2.07. The van der Waals surface area contributed by atoms with E-state index in [0.29, 0.717) is 19.0 Å². The Morgan fingerprint density at radius 1 is 1.31 bits per heavy atom. The molecule has 0 aliphatic rings. The number of aliphatic hydroxyl groups is 1. The van der Waals surface area contributed by atoms with Gasteiger partial charge in [-0.25, -0.2) is 0 Å². The first-order valence-electron chi connectivity index (χ1n) is 4.23. The molecule has 0 fully saturated rings. The minimum atomic E-state index is -0.466. The maximum atomic E-state index is 9.13. The van der Waals surface area contributed by atoms with E-state index in [2.05, 4.69) is 12.6 Å². The molecule has 1 N–H and O–H groups in total. The summed E-state index contributed by atoms with van der Waals surface area (Å²) >= 11 is 3.95. The van der Waals surface area contributed by atoms with Crippen molar-refractivity contribution in [3.8, 4) is 0 Å². The number of hydrogen-bond donors (Lipinski definition) is 2. The average molecular weight is 198 g/mol. The Bertz CT molecular complexity index is 226. The SMILES string of the molecule is OC(CS)COCc1ccccc1. The molecule has 0 saturated heterocycles. The van der Waals surface area contributed by atoms with Gasteiger partial charge in [0.15, 0.2) is 0 Å². The van der Waals surface area contributed by atoms with E-state index in [-0.39, 0.29) is 0 Å². The second kappa shape index (κ2) is 6.02. The molecule has 13 heavy (non-hydrogen) atoms. The van der Waals surface area contributed by atoms with Gasteiger partial charge in [-0.2, -0.15) is 12.6 Å². The van der Waals surface area contributed by atoms with Gasteiger partial charge in [-0.1, -0.05) is 30.3 Å². The van der Waals surface area contributed by atoms with E-state index in [0.717, 1.165) is 5.56 Å². The van der Waals surface area contributed by atoms with Crippen molar-refractivity contribution in [1.29, 1.82) is 0 Å². The van der Waals surface area contributed by atoms with Gasteiger partial charge in [0.25, 0.3) is 0 Å². The van der Waals surface area contributed by atoms with Crippen LogP contribution in [0.1, 0.15) is 5.56 Å². The van der Waals surface area contributed by atoms with Crippen LogP contribution in [0.3, 0.4) is 0 Å². The number of rotatable bonds is 5. The van der Waals surface area contributed by atoms with Crippen molar-refractivity contribution < 1.29 is 9.84 Å². The Balaban J connectivity index is 2.20. The molecule has 3 heteroatoms. The minimum absolute atomic E-state index is 0.346. The Labute approximate surface area is 84.0 Å². The van der Waals surface area contributed by atoms with E-state index in [1.54, 1.807) is 0 Å². The zero-order valence-electron chi connectivity index (χ0n) is 7.39. The van der Waals surface area contributed by atoms with E-state index in [1.807, 2.05) is 30.3 Å². The quantitative estimate of drug-likeness (QED) is 0.702. The number of thiol groups is 1. The zero-order valence-corrected chi connectivity index (χ0v) is 8.28. The van der Waals surface area contributed by atoms with Gasteiger partial charge in [-0.05, 0) is 5.56 Å². The maximum absolute atomic E-state index is 9.13. The lowest BCUT2D eigenvalue weighted by atomic mass is 10.2. The van der Waals surface area contributed by atoms with Crippen molar-refractivity contribution in [2.24, 2.45) is 0 Å². The third kappa shape index (κ3) is 4.31. The highest BCUT2D eigenvalue weighted by molar-refractivity contribution is 7.80. The summed E-state index contributed by atoms with van der Waals surface area (Å²) in [4.78, 5) is 0. The Morgan fingerprint density at radius 2 is 2.00 bits per heavy atom. The molecule has 1 unspecified atom stereocenters. The molecule has 0 aromatic heterocycles. The fourth-order valence-electron chi connectivity index (χ4n) is 0.940. The summed E-state index contributed by atoms with van der Waals surface area (Å²) in [6.07, 6.45) is -0.466. The molecule has 0 saturated carbocycles. The van der Waals surface area contributed by atoms with Crippen LogP contribution in [0.15, 0.2) is 30.3 Å². The summed E-state index contributed by atoms with van der Waals surface area (Å²) in [5.41, 5.74) is 1.12. The summed E-state index contributed by atoms with van der Waals surface area (Å²) in [6.45, 7) is 0.893. The Kier molecular flexibility index (Phi) is 4.90. The number of ether oxygens (including phenoxy) is 1. The number of hydrogen-bond acceptors (Lipinski definition) is 3. The van der Waals surface area contributed by atoms with Crippen LogP contribution in [0.25, 0.3) is 0 Å². The van der Waals surface area contributed by atoms with Crippen molar-refractivity contribution in [2.45, 2.75) is 12.7 Å². The molecule has 0 spiro atoms. The van der Waals surface area contributed by atoms with Gasteiger partial charge in [0.05, 0.1) is 19.3 Å². The molecular weight excluding hydrogens is 184 g/mol. The number of benzene rings is 1. The maximum Gasteiger partial charge on any atom is 0.0861 e. The summed E-state index contributed by atoms with van der Waals surface area (Å²) < 4.78 is 5.27. The lowest BCUT2D eigenvalue weighted by Crippen LogP contribution is -2.16. The van der Waals surface area contributed by atoms with Crippen molar-refractivity contribution in [3.05, 3.63) is 35.9 Å². The second-order valence-electron chi connectivity index (χ2n) is 2.84. The normalized spacial score (nSPS) is 12.8. The molecular formula is C10H14O2S. The molecule has 0 amide bonds. The van der Waals surface area contributed by atoms with Crippen LogP contribution in [0, 0.1) is 0 Å². The first-order valence-corrected chi connectivity index (χ1v) is 4.86. The molecule has 0 aliphatic carbocycles. The van der Waals surface area contributed by atoms with Gasteiger partial charge in [0.2, 0.25) is 0 Å². The van der Waals surface area contributed by atoms with Crippen LogP contribution in [-0.4, -0.2) is 23.6 Å². The van der Waals surface area contributed by atoms with E-state index in [9.17, 15) is 0 Å². The van der Waals surface area contributed by atoms with Gasteiger partial charge in [0, 0.05) is 5.75 Å². The van der Waals surface area contributed by atoms with Crippen LogP contribution in [0.5, 0.6) is 0 Å². The predicted octanol–water partition coefficient (Wildman–Crippen LogP) is 1.49. The summed E-state index contributed by atoms with van der Waals surface area (Å²) in [6, 6.07) is 9.88. The standard InChI is InChI=1S/C10H14O2S/c11-10(8-13)7-12-6-9-4-2-1-3-5-9/h1-5,10-11,13H,6-8H2. The molecule has 1 rings (SSSR count). The van der Waals surface area contributed by atoms with E-state index in [4.69, 9.17) is 9.84 Å². The van der Waals surface area contributed by atoms with Crippen molar-refractivity contribution in [1.82, 2.24) is 0 Å². The number of aliphatic hydroxyl groups excluding tert-OH is 1. The molecule has 0 radical (unpaired) electrons. The lowest BCUT2D eigenvalue weighted by molar-refractivity contribution is 0.0399. The molecule has 0 aliphatic heterocycles. The van der Waals surface area contributed by atoms with Crippen LogP contribution in [-0.2, 0) is 11.3 Å². The highest BCUT2D eigenvalue weighted by Crippen LogP contribution is 2.01. The van der Waals surface area contributed by atoms with Crippen molar-refractivity contribution in [2.75, 3.05) is 12.4 Å². The third-order valence-corrected chi connectivity index (χ3v) is 2.05. The second-order valence-corrected chi connectivity index (χ2v) is 3.20. The fraction of sp³-hybridized carbons (Fsp3) is 0.400. The van der Waals surface area contributed by atoms with E-state index < -0.39 is 6.10 Å². The molecule has 0 heterocycles. The minimum Gasteiger partial charge on any atom is -0.390 e. The van der Waals surface area contributed by atoms with E-state index in [1.165, 1.54) is 0 Å². The summed E-state index contributed by atoms with van der Waals surface area (Å²) in [7, 11) is 0. The Hall–Kier alpha value is -0.510. The Morgan fingerprint density at radius 3 is 2.62 bits per heavy atom. The fourth-order valence-corrected chi connectivity index (χ4v) is 1.05. The van der Waals surface area contributed by atoms with Gasteiger partial charge in [-0.3, -0.25) is 0 Å². The third-order valence-electron chi connectivity index (χ3n) is 1.63. The van der Waals surface area contributed by atoms with Gasteiger partial charge < -0.3 is 9.84 Å². The van der Waals surface area contributed by atoms with Crippen molar-refractivity contribution in [3.63, 3.8) is 0 Å². The van der Waals surface area contributed by atoms with Crippen molar-refractivity contribution >= 4 is 12.6 Å². The molecule has 1 aromatic carbocycles. The highest BCUT2D eigenvalue weighted by atomic mass is 32.1. The predicted molar refractivity (Wildman–Crippen MR) is 56.0 cm³/mol. The smallest absolute Gasteiger partial charge is 0.0861 e. The monoisotopic (exact) mass is 198 g/mol. The molecule has 72 valence electrons. The zero-order chi connectivity index (χ0) is 9.52. The topological polar surface area (TPSA) is 29.5 Å². The molecule has 0 bridgehead atoms. The highest BCUT2D eigenvalue weighted by Gasteiger charge is 2.00. The molecule has 1 atom stereocenters. The van der Waals surface area contributed by atoms with Gasteiger partial charge in [0.1, 0.15) is 0 Å². The molecule has 1 aromatic rings. The van der Waals surface area contributed by atoms with Gasteiger partial charge >= 0.3 is 0 Å². The van der Waals surface area contributed by atoms with Gasteiger partial charge in [-0.15, -0.1) is 0 Å². The van der Waals surface area contributed by atoms with E-state index >= 15 is 0 Å². The van der Waals surface area contributed by atoms with Crippen LogP contribution < -0.4 is 0 Å². The molecule has 2 nitrogen and oxygen atoms in total. The average Bonchev–Trinajstić information content (AvgIpc) is 2.19. The first-order chi connectivity index (χ1) is 6.33. The first kappa shape index (κ1) is 10.6. The van der Waals surface area contributed by atoms with Crippen LogP contribution in [0.4, 0.5) is 0 Å². The largest absolute Gasteiger partial charge is 0.390 e. The van der Waals surface area contributed by atoms with Crippen LogP contribution >= 0.6 is 12.6 Å².